The molecule has 4 heteroatoms. The van der Waals surface area contributed by atoms with Crippen LogP contribution in [0.2, 0.25) is 0 Å². The maximum absolute atomic E-state index is 8.65. The van der Waals surface area contributed by atoms with Gasteiger partial charge in [0.2, 0.25) is 0 Å². The summed E-state index contributed by atoms with van der Waals surface area (Å²) in [5, 5.41) is 11.8. The van der Waals surface area contributed by atoms with Gasteiger partial charge in [-0.05, 0) is 39.7 Å². The second kappa shape index (κ2) is 4.79. The zero-order valence-corrected chi connectivity index (χ0v) is 9.87. The molecule has 0 bridgehead atoms. The molecule has 0 saturated heterocycles. The van der Waals surface area contributed by atoms with Crippen molar-refractivity contribution in [3.05, 3.63) is 40.6 Å². The fraction of sp³-hybridized carbons (Fsp3) is 0.273. The van der Waals surface area contributed by atoms with Crippen LogP contribution in [0, 0.1) is 0 Å². The third-order valence-corrected chi connectivity index (χ3v) is 2.68. The Balaban J connectivity index is 2.15. The molecule has 0 aliphatic heterocycles. The van der Waals surface area contributed by atoms with Crippen molar-refractivity contribution in [1.82, 2.24) is 9.72 Å². The Bertz CT molecular complexity index is 453. The summed E-state index contributed by atoms with van der Waals surface area (Å²) in [6.45, 7) is 1.61. The molecule has 0 aliphatic carbocycles. The van der Waals surface area contributed by atoms with Crippen LogP contribution in [0.3, 0.4) is 0 Å². The summed E-state index contributed by atoms with van der Waals surface area (Å²) in [7, 11) is 0. The highest BCUT2D eigenvalue weighted by Gasteiger charge is 1.98. The number of rotatable bonds is 4. The second-order valence-electron chi connectivity index (χ2n) is 3.43. The van der Waals surface area contributed by atoms with E-state index >= 15 is 0 Å². The number of aromatic nitrogens is 1. The van der Waals surface area contributed by atoms with Gasteiger partial charge in [0.15, 0.2) is 0 Å². The minimum absolute atomic E-state index is 0.179. The molecule has 0 amide bonds. The van der Waals surface area contributed by atoms with E-state index in [-0.39, 0.29) is 6.61 Å². The van der Waals surface area contributed by atoms with Crippen molar-refractivity contribution in [2.45, 2.75) is 6.54 Å². The van der Waals surface area contributed by atoms with Gasteiger partial charge < -0.3 is 14.8 Å². The smallest absolute Gasteiger partial charge is 0.0556 e. The van der Waals surface area contributed by atoms with Gasteiger partial charge in [-0.2, -0.15) is 0 Å². The van der Waals surface area contributed by atoms with Gasteiger partial charge in [0.25, 0.3) is 0 Å². The third-order valence-electron chi connectivity index (χ3n) is 2.25. The average molecular weight is 269 g/mol. The number of fused-ring (bicyclic) bond motifs is 1. The minimum atomic E-state index is 0.179. The zero-order chi connectivity index (χ0) is 10.7. The molecule has 2 N–H and O–H groups in total. The highest BCUT2D eigenvalue weighted by molar-refractivity contribution is 9.10. The van der Waals surface area contributed by atoms with E-state index in [1.807, 2.05) is 12.4 Å². The summed E-state index contributed by atoms with van der Waals surface area (Å²) < 4.78 is 3.16. The van der Waals surface area contributed by atoms with Crippen LogP contribution < -0.4 is 5.32 Å². The number of hydrogen-bond acceptors (Lipinski definition) is 2. The van der Waals surface area contributed by atoms with E-state index in [2.05, 4.69) is 43.8 Å². The molecule has 0 spiro atoms. The predicted molar refractivity (Wildman–Crippen MR) is 63.9 cm³/mol. The van der Waals surface area contributed by atoms with Crippen molar-refractivity contribution in [2.24, 2.45) is 0 Å². The van der Waals surface area contributed by atoms with Gasteiger partial charge in [0, 0.05) is 35.5 Å². The van der Waals surface area contributed by atoms with Gasteiger partial charge >= 0.3 is 0 Å². The molecule has 0 atom stereocenters. The molecule has 0 aromatic carbocycles. The van der Waals surface area contributed by atoms with E-state index in [4.69, 9.17) is 5.11 Å². The molecule has 3 nitrogen and oxygen atoms in total. The lowest BCUT2D eigenvalue weighted by atomic mass is 10.2. The standard InChI is InChI=1S/C11H13BrN2O/c12-10-6-11-5-9(7-13-2-4-15)1-3-14(11)8-10/h1,3,5-6,8,13,15H,2,4,7H2. The van der Waals surface area contributed by atoms with Crippen LogP contribution in [0.4, 0.5) is 0 Å². The summed E-state index contributed by atoms with van der Waals surface area (Å²) in [6.07, 6.45) is 4.07. The number of pyridine rings is 1. The average Bonchev–Trinajstić information content (AvgIpc) is 2.57. The summed E-state index contributed by atoms with van der Waals surface area (Å²) in [5.74, 6) is 0. The van der Waals surface area contributed by atoms with Crippen molar-refractivity contribution in [2.75, 3.05) is 13.2 Å². The second-order valence-corrected chi connectivity index (χ2v) is 4.34. The Labute approximate surface area is 96.9 Å². The van der Waals surface area contributed by atoms with Crippen molar-refractivity contribution >= 4 is 21.4 Å². The first-order chi connectivity index (χ1) is 7.29. The van der Waals surface area contributed by atoms with Crippen LogP contribution in [0.5, 0.6) is 0 Å². The Morgan fingerprint density at radius 3 is 3.07 bits per heavy atom. The molecule has 0 radical (unpaired) electrons. The van der Waals surface area contributed by atoms with Crippen molar-refractivity contribution in [1.29, 1.82) is 0 Å². The van der Waals surface area contributed by atoms with Gasteiger partial charge in [-0.25, -0.2) is 0 Å². The molecular formula is C11H13BrN2O. The van der Waals surface area contributed by atoms with E-state index < -0.39 is 0 Å². The molecule has 0 saturated carbocycles. The first-order valence-corrected chi connectivity index (χ1v) is 5.66. The summed E-state index contributed by atoms with van der Waals surface area (Å²) in [4.78, 5) is 0. The molecule has 0 fully saturated rings. The highest BCUT2D eigenvalue weighted by atomic mass is 79.9. The van der Waals surface area contributed by atoms with Crippen molar-refractivity contribution in [3.63, 3.8) is 0 Å². The van der Waals surface area contributed by atoms with E-state index in [0.29, 0.717) is 6.54 Å². The van der Waals surface area contributed by atoms with Gasteiger partial charge in [0.05, 0.1) is 6.61 Å². The van der Waals surface area contributed by atoms with E-state index in [9.17, 15) is 0 Å². The number of aliphatic hydroxyl groups excluding tert-OH is 1. The van der Waals surface area contributed by atoms with Crippen LogP contribution in [-0.4, -0.2) is 22.7 Å². The summed E-state index contributed by atoms with van der Waals surface area (Å²) in [5.41, 5.74) is 2.40. The van der Waals surface area contributed by atoms with Crippen LogP contribution in [0.25, 0.3) is 5.52 Å². The molecule has 2 aromatic heterocycles. The Hall–Kier alpha value is -0.840. The van der Waals surface area contributed by atoms with Crippen molar-refractivity contribution in [3.8, 4) is 0 Å². The lowest BCUT2D eigenvalue weighted by molar-refractivity contribution is 0.292. The quantitative estimate of drug-likeness (QED) is 0.830. The molecule has 15 heavy (non-hydrogen) atoms. The van der Waals surface area contributed by atoms with Gasteiger partial charge in [-0.15, -0.1) is 0 Å². The fourth-order valence-electron chi connectivity index (χ4n) is 1.54. The SMILES string of the molecule is OCCNCc1ccn2cc(Br)cc2c1. The zero-order valence-electron chi connectivity index (χ0n) is 8.28. The van der Waals surface area contributed by atoms with Crippen LogP contribution in [0.1, 0.15) is 5.56 Å². The lowest BCUT2D eigenvalue weighted by Crippen LogP contribution is -2.17. The molecule has 80 valence electrons. The lowest BCUT2D eigenvalue weighted by Gasteiger charge is -2.03. The third kappa shape index (κ3) is 2.59. The van der Waals surface area contributed by atoms with Crippen LogP contribution in [-0.2, 0) is 6.54 Å². The maximum atomic E-state index is 8.65. The van der Waals surface area contributed by atoms with E-state index in [0.717, 1.165) is 11.0 Å². The first kappa shape index (κ1) is 10.7. The van der Waals surface area contributed by atoms with Crippen molar-refractivity contribution < 1.29 is 5.11 Å². The summed E-state index contributed by atoms with van der Waals surface area (Å²) in [6, 6.07) is 6.29. The highest BCUT2D eigenvalue weighted by Crippen LogP contribution is 2.16. The number of hydrogen-bond donors (Lipinski definition) is 2. The number of nitrogens with zero attached hydrogens (tertiary/aromatic N) is 1. The molecular weight excluding hydrogens is 256 g/mol. The number of halogens is 1. The van der Waals surface area contributed by atoms with Gasteiger partial charge in [0.1, 0.15) is 0 Å². The fourth-order valence-corrected chi connectivity index (χ4v) is 2.00. The van der Waals surface area contributed by atoms with Crippen LogP contribution in [0.15, 0.2) is 35.1 Å². The summed E-state index contributed by atoms with van der Waals surface area (Å²) >= 11 is 3.44. The number of nitrogens with one attached hydrogen (secondary N) is 1. The Morgan fingerprint density at radius 1 is 1.40 bits per heavy atom. The Morgan fingerprint density at radius 2 is 2.27 bits per heavy atom. The van der Waals surface area contributed by atoms with Crippen LogP contribution >= 0.6 is 15.9 Å². The molecule has 0 unspecified atom stereocenters. The normalized spacial score (nSPS) is 11.1. The largest absolute Gasteiger partial charge is 0.395 e. The molecule has 0 aliphatic rings. The first-order valence-electron chi connectivity index (χ1n) is 4.87. The van der Waals surface area contributed by atoms with Gasteiger partial charge in [-0.3, -0.25) is 0 Å². The Kier molecular flexibility index (Phi) is 3.41. The maximum Gasteiger partial charge on any atom is 0.0556 e. The topological polar surface area (TPSA) is 36.7 Å². The molecule has 2 heterocycles. The molecule has 2 aromatic rings. The number of aliphatic hydroxyl groups is 1. The predicted octanol–water partition coefficient (Wildman–Crippen LogP) is 1.78. The molecule has 2 rings (SSSR count). The minimum Gasteiger partial charge on any atom is -0.395 e. The van der Waals surface area contributed by atoms with E-state index in [1.165, 1.54) is 11.1 Å². The monoisotopic (exact) mass is 268 g/mol. The van der Waals surface area contributed by atoms with E-state index in [1.54, 1.807) is 0 Å². The van der Waals surface area contributed by atoms with Gasteiger partial charge in [-0.1, -0.05) is 0 Å².